The van der Waals surface area contributed by atoms with Gasteiger partial charge in [0.2, 0.25) is 11.7 Å². The molecule has 3 aliphatic carbocycles. The Morgan fingerprint density at radius 3 is 2.44 bits per heavy atom. The maximum atomic E-state index is 15.0. The van der Waals surface area contributed by atoms with Gasteiger partial charge < -0.3 is 44.0 Å². The summed E-state index contributed by atoms with van der Waals surface area (Å²) in [5, 5.41) is 46.0. The first-order valence-electron chi connectivity index (χ1n) is 24.5. The van der Waals surface area contributed by atoms with Crippen LogP contribution in [-0.4, -0.2) is 94.8 Å². The summed E-state index contributed by atoms with van der Waals surface area (Å²) in [6.07, 6.45) is 13.9. The summed E-state index contributed by atoms with van der Waals surface area (Å²) < 4.78 is 41.5. The Balaban J connectivity index is 1.39. The van der Waals surface area contributed by atoms with Crippen LogP contribution in [0.2, 0.25) is 0 Å². The molecule has 68 heavy (non-hydrogen) atoms. The number of carbonyl (C=O) groups is 1. The Kier molecular flexibility index (Phi) is 18.6. The maximum Gasteiger partial charge on any atom is 0.269 e. The van der Waals surface area contributed by atoms with Crippen molar-refractivity contribution >= 4 is 17.3 Å². The van der Waals surface area contributed by atoms with Crippen LogP contribution in [0.1, 0.15) is 106 Å². The highest BCUT2D eigenvalue weighted by molar-refractivity contribution is 6.03. The number of carbonyl (C=O) groups excluding carboxylic acids is 1. The zero-order chi connectivity index (χ0) is 47.9. The number of hydrogen-bond donors (Lipinski definition) is 3. The molecule has 0 saturated heterocycles. The molecule has 4 aliphatic rings. The van der Waals surface area contributed by atoms with Gasteiger partial charge in [-0.25, -0.2) is 4.39 Å². The smallest absolute Gasteiger partial charge is 0.269 e. The van der Waals surface area contributed by atoms with Gasteiger partial charge in [-0.15, -0.1) is 6.58 Å². The van der Waals surface area contributed by atoms with Crippen LogP contribution in [0.25, 0.3) is 0 Å². The van der Waals surface area contributed by atoms with E-state index in [1.54, 1.807) is 36.4 Å². The van der Waals surface area contributed by atoms with Crippen molar-refractivity contribution in [3.8, 4) is 11.5 Å². The van der Waals surface area contributed by atoms with Gasteiger partial charge in [-0.05, 0) is 97.4 Å². The largest absolute Gasteiger partial charge is 0.489 e. The number of nitro benzene ring substituents is 1. The van der Waals surface area contributed by atoms with Gasteiger partial charge in [0, 0.05) is 61.8 Å². The molecule has 0 aromatic heterocycles. The van der Waals surface area contributed by atoms with Crippen molar-refractivity contribution in [3.05, 3.63) is 124 Å². The average Bonchev–Trinajstić information content (AvgIpc) is 3.88. The number of unbranched alkanes of at least 4 members (excludes halogenated alkanes) is 2. The lowest BCUT2D eigenvalue weighted by Crippen LogP contribution is -2.70. The molecule has 0 unspecified atom stereocenters. The monoisotopic (exact) mass is 941 g/mol. The number of allylic oxidation sites excluding steroid dienone is 1. The molecule has 1 amide bonds. The molecule has 6 atom stereocenters. The highest BCUT2D eigenvalue weighted by Gasteiger charge is 2.65. The molecule has 7 rings (SSSR count). The van der Waals surface area contributed by atoms with E-state index in [-0.39, 0.29) is 101 Å². The van der Waals surface area contributed by atoms with Crippen molar-refractivity contribution in [2.75, 3.05) is 46.2 Å². The second kappa shape index (κ2) is 24.9. The lowest BCUT2D eigenvalue weighted by atomic mass is 9.55. The zero-order valence-corrected chi connectivity index (χ0v) is 39.1. The van der Waals surface area contributed by atoms with Crippen LogP contribution in [0.3, 0.4) is 0 Å². The summed E-state index contributed by atoms with van der Waals surface area (Å²) in [5.41, 5.74) is 3.38. The number of hydrogen-bond acceptors (Lipinski definition) is 12. The lowest BCUT2D eigenvalue weighted by Gasteiger charge is -2.60. The van der Waals surface area contributed by atoms with Gasteiger partial charge in [-0.1, -0.05) is 74.0 Å². The molecule has 3 aromatic rings. The van der Waals surface area contributed by atoms with E-state index < -0.39 is 22.7 Å². The van der Waals surface area contributed by atoms with Crippen LogP contribution in [0.4, 0.5) is 10.1 Å². The number of nitrogens with zero attached hydrogens (tertiary/aromatic N) is 3. The topological polar surface area (TPSA) is 183 Å². The second-order valence-electron chi connectivity index (χ2n) is 18.5. The predicted octanol–water partition coefficient (Wildman–Crippen LogP) is 8.95. The van der Waals surface area contributed by atoms with Gasteiger partial charge in [0.05, 0.1) is 43.0 Å². The van der Waals surface area contributed by atoms with Crippen molar-refractivity contribution in [3.63, 3.8) is 0 Å². The van der Waals surface area contributed by atoms with Crippen LogP contribution in [-0.2, 0) is 32.3 Å². The number of aliphatic hydroxyl groups excluding tert-OH is 3. The number of benzene rings is 3. The van der Waals surface area contributed by atoms with Gasteiger partial charge in [-0.2, -0.15) is 0 Å². The maximum absolute atomic E-state index is 15.0. The highest BCUT2D eigenvalue weighted by atomic mass is 19.1. The van der Waals surface area contributed by atoms with E-state index in [9.17, 15) is 34.6 Å². The van der Waals surface area contributed by atoms with Gasteiger partial charge in [-0.3, -0.25) is 14.9 Å². The van der Waals surface area contributed by atoms with Crippen molar-refractivity contribution in [1.29, 1.82) is 0 Å². The first-order chi connectivity index (χ1) is 33.2. The fraction of sp³-hybridized carbons (Fsp3) is 0.547. The van der Waals surface area contributed by atoms with E-state index in [2.05, 4.69) is 12.7 Å². The molecule has 14 nitrogen and oxygen atoms in total. The summed E-state index contributed by atoms with van der Waals surface area (Å²) in [6.45, 7) is 4.52. The molecule has 368 valence electrons. The molecular weight excluding hydrogens is 874 g/mol. The zero-order valence-electron chi connectivity index (χ0n) is 39.1. The van der Waals surface area contributed by atoms with E-state index in [4.69, 9.17) is 28.9 Å². The summed E-state index contributed by atoms with van der Waals surface area (Å²) in [7, 11) is 0. The molecule has 0 spiro atoms. The van der Waals surface area contributed by atoms with Crippen LogP contribution in [0.5, 0.6) is 11.5 Å². The number of ether oxygens (including phenoxy) is 4. The van der Waals surface area contributed by atoms with Crippen LogP contribution < -0.4 is 9.47 Å². The number of oxime groups is 1. The Morgan fingerprint density at radius 2 is 1.72 bits per heavy atom. The van der Waals surface area contributed by atoms with E-state index in [1.165, 1.54) is 18.2 Å². The molecule has 2 saturated carbocycles. The number of halogens is 1. The third kappa shape index (κ3) is 12.1. The number of fused-ring (bicyclic) bond motifs is 2. The Morgan fingerprint density at radius 1 is 0.956 bits per heavy atom. The van der Waals surface area contributed by atoms with Crippen LogP contribution in [0, 0.1) is 39.6 Å². The molecule has 1 aliphatic heterocycles. The fourth-order valence-corrected chi connectivity index (χ4v) is 11.0. The summed E-state index contributed by atoms with van der Waals surface area (Å²) in [5.74, 6) is -1.34. The fourth-order valence-electron chi connectivity index (χ4n) is 11.0. The van der Waals surface area contributed by atoms with E-state index >= 15 is 0 Å². The quantitative estimate of drug-likeness (QED) is 0.0287. The molecular formula is C53H68FN3O11. The van der Waals surface area contributed by atoms with Crippen molar-refractivity contribution in [2.24, 2.45) is 28.8 Å². The first-order valence-corrected chi connectivity index (χ1v) is 24.5. The van der Waals surface area contributed by atoms with Gasteiger partial charge >= 0.3 is 0 Å². The van der Waals surface area contributed by atoms with Crippen molar-refractivity contribution in [1.82, 2.24) is 4.90 Å². The number of amides is 1. The van der Waals surface area contributed by atoms with E-state index in [1.807, 2.05) is 23.1 Å². The van der Waals surface area contributed by atoms with Crippen LogP contribution in [0.15, 0.2) is 96.2 Å². The third-order valence-corrected chi connectivity index (χ3v) is 14.2. The minimum atomic E-state index is -1.49. The minimum absolute atomic E-state index is 0.00290. The molecule has 3 aromatic carbocycles. The van der Waals surface area contributed by atoms with Crippen LogP contribution >= 0.6 is 0 Å². The Bertz CT molecular complexity index is 2200. The third-order valence-electron chi connectivity index (χ3n) is 14.2. The standard InChI is InChI=1S/C53H68FN3O11/c1-2-29-66-53-49(56(25-30-64-31-28-60)50(61)24-19-37-11-3-4-12-37)34-47(55-67-35-38-17-20-41(21-18-38)57(62)63)44-32-39(13-7-9-26-58)43(15-8-10-27-59)51(52(44)53)45-33-42(22-23-48(45)68-53)65-36-40-14-5-6-16-46(40)54/h2,5-6,14,16-18,20-23,32-33,37,39,43,49,51-52,58-60H,1,3-4,7-13,15,19,24-31,34-36H2/t39-,43+,49-,51+,52+,53+/m0/s1. The molecule has 1 heterocycles. The summed E-state index contributed by atoms with van der Waals surface area (Å²) in [6, 6.07) is 17.5. The van der Waals surface area contributed by atoms with Gasteiger partial charge in [0.1, 0.15) is 36.6 Å². The van der Waals surface area contributed by atoms with E-state index in [0.717, 1.165) is 68.9 Å². The van der Waals surface area contributed by atoms with Gasteiger partial charge in [0.15, 0.2) is 0 Å². The Hall–Kier alpha value is -5.19. The highest BCUT2D eigenvalue weighted by Crippen LogP contribution is 2.62. The average molecular weight is 942 g/mol. The molecule has 0 radical (unpaired) electrons. The number of rotatable bonds is 27. The van der Waals surface area contributed by atoms with Crippen molar-refractivity contribution in [2.45, 2.75) is 114 Å². The summed E-state index contributed by atoms with van der Waals surface area (Å²) in [4.78, 5) is 34.0. The number of non-ortho nitro benzene ring substituents is 1. The first kappa shape index (κ1) is 50.7. The van der Waals surface area contributed by atoms with Crippen molar-refractivity contribution < 1.29 is 53.2 Å². The van der Waals surface area contributed by atoms with E-state index in [0.29, 0.717) is 53.5 Å². The second-order valence-corrected chi connectivity index (χ2v) is 18.5. The Labute approximate surface area is 398 Å². The van der Waals surface area contributed by atoms with Gasteiger partial charge in [0.25, 0.3) is 5.69 Å². The number of aliphatic hydroxyl groups is 3. The SMILES string of the molecule is C=CCO[C@@]12Oc3ccc(OCc4ccccc4F)cc3[C@H]3[C@H](CCCCO)[C@@H](CCCCO)C=C(C(=NOCc4ccc([N+](=O)[O-])cc4)C[C@@H]1N(CCOCCO)C(=O)CCC1CCCC1)[C@H]32. The summed E-state index contributed by atoms with van der Waals surface area (Å²) >= 11 is 0. The normalized spacial score (nSPS) is 23.6. The molecule has 0 bridgehead atoms. The lowest BCUT2D eigenvalue weighted by molar-refractivity contribution is -0.384. The number of nitro groups is 1. The molecule has 2 fully saturated rings. The molecule has 3 N–H and O–H groups in total. The molecule has 15 heteroatoms. The predicted molar refractivity (Wildman–Crippen MR) is 254 cm³/mol. The minimum Gasteiger partial charge on any atom is -0.489 e.